The zero-order valence-electron chi connectivity index (χ0n) is 7.64. The van der Waals surface area contributed by atoms with Gasteiger partial charge in [-0.05, 0) is 18.6 Å². The van der Waals surface area contributed by atoms with Gasteiger partial charge in [-0.1, -0.05) is 6.07 Å². The van der Waals surface area contributed by atoms with Crippen molar-refractivity contribution in [3.63, 3.8) is 0 Å². The van der Waals surface area contributed by atoms with Crippen molar-refractivity contribution in [1.82, 2.24) is 15.2 Å². The Morgan fingerprint density at radius 1 is 1.36 bits per heavy atom. The minimum atomic E-state index is 0.124. The molecule has 14 heavy (non-hydrogen) atoms. The summed E-state index contributed by atoms with van der Waals surface area (Å²) < 4.78 is 0. The highest BCUT2D eigenvalue weighted by molar-refractivity contribution is 5.57. The summed E-state index contributed by atoms with van der Waals surface area (Å²) in [5.74, 6) is 0. The Labute approximate surface area is 81.6 Å². The fourth-order valence-corrected chi connectivity index (χ4v) is 1.35. The van der Waals surface area contributed by atoms with Crippen LogP contribution >= 0.6 is 0 Å². The standard InChI is InChI=1S/C10H11N3O/c14-6-4-8-7-12-13-10(8)9-3-1-2-5-11-9/h1-3,5,7,14H,4,6H2,(H,12,13). The molecule has 2 heterocycles. The predicted molar refractivity (Wildman–Crippen MR) is 52.6 cm³/mol. The van der Waals surface area contributed by atoms with E-state index in [4.69, 9.17) is 5.11 Å². The Morgan fingerprint density at radius 3 is 3.00 bits per heavy atom. The summed E-state index contributed by atoms with van der Waals surface area (Å²) in [5.41, 5.74) is 2.74. The van der Waals surface area contributed by atoms with E-state index in [-0.39, 0.29) is 6.61 Å². The van der Waals surface area contributed by atoms with Gasteiger partial charge in [-0.3, -0.25) is 10.1 Å². The van der Waals surface area contributed by atoms with Crippen molar-refractivity contribution in [3.05, 3.63) is 36.2 Å². The Bertz CT molecular complexity index is 397. The third kappa shape index (κ3) is 1.65. The summed E-state index contributed by atoms with van der Waals surface area (Å²) in [6.45, 7) is 0.124. The lowest BCUT2D eigenvalue weighted by Crippen LogP contribution is -1.92. The topological polar surface area (TPSA) is 61.8 Å². The van der Waals surface area contributed by atoms with E-state index in [1.165, 1.54) is 0 Å². The molecule has 0 unspecified atom stereocenters. The van der Waals surface area contributed by atoms with Gasteiger partial charge in [0.2, 0.25) is 0 Å². The van der Waals surface area contributed by atoms with Crippen molar-refractivity contribution in [2.45, 2.75) is 6.42 Å². The number of aromatic amines is 1. The number of nitrogens with zero attached hydrogens (tertiary/aromatic N) is 2. The van der Waals surface area contributed by atoms with Crippen LogP contribution in [0, 0.1) is 0 Å². The van der Waals surface area contributed by atoms with Crippen LogP contribution in [0.25, 0.3) is 11.4 Å². The molecular weight excluding hydrogens is 178 g/mol. The first kappa shape index (κ1) is 8.90. The van der Waals surface area contributed by atoms with Crippen LogP contribution in [0.5, 0.6) is 0 Å². The second kappa shape index (κ2) is 4.02. The number of hydrogen-bond acceptors (Lipinski definition) is 3. The third-order valence-electron chi connectivity index (χ3n) is 2.02. The number of rotatable bonds is 3. The molecule has 0 aliphatic carbocycles. The van der Waals surface area contributed by atoms with Gasteiger partial charge in [-0.25, -0.2) is 0 Å². The summed E-state index contributed by atoms with van der Waals surface area (Å²) in [7, 11) is 0. The molecule has 2 aromatic rings. The highest BCUT2D eigenvalue weighted by Gasteiger charge is 2.06. The molecule has 0 spiro atoms. The van der Waals surface area contributed by atoms with Crippen LogP contribution in [0.3, 0.4) is 0 Å². The van der Waals surface area contributed by atoms with E-state index in [0.717, 1.165) is 17.0 Å². The summed E-state index contributed by atoms with van der Waals surface area (Å²) in [4.78, 5) is 4.21. The molecule has 2 aromatic heterocycles. The van der Waals surface area contributed by atoms with Gasteiger partial charge in [0.1, 0.15) is 0 Å². The molecule has 0 bridgehead atoms. The van der Waals surface area contributed by atoms with Gasteiger partial charge in [0.25, 0.3) is 0 Å². The molecule has 0 aliphatic heterocycles. The summed E-state index contributed by atoms with van der Waals surface area (Å²) >= 11 is 0. The van der Waals surface area contributed by atoms with Crippen LogP contribution in [0.15, 0.2) is 30.6 Å². The molecule has 2 rings (SSSR count). The van der Waals surface area contributed by atoms with Crippen molar-refractivity contribution in [3.8, 4) is 11.4 Å². The Kier molecular flexibility index (Phi) is 2.55. The van der Waals surface area contributed by atoms with Crippen molar-refractivity contribution in [2.24, 2.45) is 0 Å². The molecule has 4 heteroatoms. The average Bonchev–Trinajstić information content (AvgIpc) is 2.68. The average molecular weight is 189 g/mol. The maximum atomic E-state index is 8.85. The molecular formula is C10H11N3O. The van der Waals surface area contributed by atoms with Crippen LogP contribution in [0.2, 0.25) is 0 Å². The first-order valence-electron chi connectivity index (χ1n) is 4.46. The van der Waals surface area contributed by atoms with Gasteiger partial charge >= 0.3 is 0 Å². The monoisotopic (exact) mass is 189 g/mol. The van der Waals surface area contributed by atoms with Gasteiger partial charge in [-0.15, -0.1) is 0 Å². The molecule has 0 saturated carbocycles. The molecule has 0 saturated heterocycles. The van der Waals surface area contributed by atoms with E-state index in [1.54, 1.807) is 12.4 Å². The molecule has 2 N–H and O–H groups in total. The van der Waals surface area contributed by atoms with Crippen LogP contribution < -0.4 is 0 Å². The minimum Gasteiger partial charge on any atom is -0.396 e. The van der Waals surface area contributed by atoms with Gasteiger partial charge in [0.05, 0.1) is 17.6 Å². The fraction of sp³-hybridized carbons (Fsp3) is 0.200. The number of hydrogen-bond donors (Lipinski definition) is 2. The van der Waals surface area contributed by atoms with Gasteiger partial charge < -0.3 is 5.11 Å². The van der Waals surface area contributed by atoms with E-state index in [0.29, 0.717) is 6.42 Å². The van der Waals surface area contributed by atoms with E-state index in [2.05, 4.69) is 15.2 Å². The predicted octanol–water partition coefficient (Wildman–Crippen LogP) is 1.01. The van der Waals surface area contributed by atoms with Crippen molar-refractivity contribution in [1.29, 1.82) is 0 Å². The molecule has 0 fully saturated rings. The third-order valence-corrected chi connectivity index (χ3v) is 2.02. The van der Waals surface area contributed by atoms with E-state index < -0.39 is 0 Å². The summed E-state index contributed by atoms with van der Waals surface area (Å²) in [5, 5.41) is 15.7. The zero-order valence-corrected chi connectivity index (χ0v) is 7.64. The first-order valence-corrected chi connectivity index (χ1v) is 4.46. The molecule has 0 atom stereocenters. The smallest absolute Gasteiger partial charge is 0.0883 e. The maximum Gasteiger partial charge on any atom is 0.0883 e. The van der Waals surface area contributed by atoms with Gasteiger partial charge in [0, 0.05) is 18.4 Å². The van der Waals surface area contributed by atoms with Crippen LogP contribution in [0.4, 0.5) is 0 Å². The molecule has 0 radical (unpaired) electrons. The van der Waals surface area contributed by atoms with Crippen LogP contribution in [-0.4, -0.2) is 26.9 Å². The lowest BCUT2D eigenvalue weighted by Gasteiger charge is -1.99. The quantitative estimate of drug-likeness (QED) is 0.757. The lowest BCUT2D eigenvalue weighted by atomic mass is 10.1. The van der Waals surface area contributed by atoms with Crippen molar-refractivity contribution >= 4 is 0 Å². The molecule has 0 aromatic carbocycles. The second-order valence-electron chi connectivity index (χ2n) is 2.96. The Hall–Kier alpha value is -1.68. The minimum absolute atomic E-state index is 0.124. The summed E-state index contributed by atoms with van der Waals surface area (Å²) in [6, 6.07) is 5.70. The van der Waals surface area contributed by atoms with Gasteiger partial charge in [0.15, 0.2) is 0 Å². The SMILES string of the molecule is OCCc1cn[nH]c1-c1ccccn1. The highest BCUT2D eigenvalue weighted by Crippen LogP contribution is 2.18. The molecule has 0 amide bonds. The van der Waals surface area contributed by atoms with E-state index in [1.807, 2.05) is 18.2 Å². The van der Waals surface area contributed by atoms with Gasteiger partial charge in [-0.2, -0.15) is 5.10 Å². The fourth-order valence-electron chi connectivity index (χ4n) is 1.35. The summed E-state index contributed by atoms with van der Waals surface area (Å²) in [6.07, 6.45) is 4.06. The highest BCUT2D eigenvalue weighted by atomic mass is 16.2. The van der Waals surface area contributed by atoms with Crippen molar-refractivity contribution in [2.75, 3.05) is 6.61 Å². The van der Waals surface area contributed by atoms with E-state index in [9.17, 15) is 0 Å². The number of aliphatic hydroxyl groups is 1. The largest absolute Gasteiger partial charge is 0.396 e. The first-order chi connectivity index (χ1) is 6.92. The van der Waals surface area contributed by atoms with Crippen LogP contribution in [0.1, 0.15) is 5.56 Å². The molecule has 0 aliphatic rings. The number of nitrogens with one attached hydrogen (secondary N) is 1. The second-order valence-corrected chi connectivity index (χ2v) is 2.96. The molecule has 72 valence electrons. The number of aliphatic hydroxyl groups excluding tert-OH is 1. The lowest BCUT2D eigenvalue weighted by molar-refractivity contribution is 0.300. The maximum absolute atomic E-state index is 8.85. The normalized spacial score (nSPS) is 10.4. The van der Waals surface area contributed by atoms with Crippen molar-refractivity contribution < 1.29 is 5.11 Å². The number of pyridine rings is 1. The Morgan fingerprint density at radius 2 is 2.29 bits per heavy atom. The molecule has 4 nitrogen and oxygen atoms in total. The van der Waals surface area contributed by atoms with E-state index >= 15 is 0 Å². The zero-order chi connectivity index (χ0) is 9.80. The Balaban J connectivity index is 2.37. The van der Waals surface area contributed by atoms with Crippen LogP contribution in [-0.2, 0) is 6.42 Å². The number of aromatic nitrogens is 3. The number of H-pyrrole nitrogens is 1.